The van der Waals surface area contributed by atoms with Gasteiger partial charge in [0.1, 0.15) is 0 Å². The molecule has 0 aromatic heterocycles. The summed E-state index contributed by atoms with van der Waals surface area (Å²) < 4.78 is 28.2. The molecule has 1 saturated carbocycles. The minimum absolute atomic E-state index is 0. The maximum Gasteiger partial charge on any atom is 0.281 e. The van der Waals surface area contributed by atoms with Crippen LogP contribution >= 0.6 is 12.4 Å². The highest BCUT2D eigenvalue weighted by Gasteiger charge is 2.37. The summed E-state index contributed by atoms with van der Waals surface area (Å²) in [5.74, 6) is 0.603. The van der Waals surface area contributed by atoms with Crippen molar-refractivity contribution in [1.29, 1.82) is 0 Å². The lowest BCUT2D eigenvalue weighted by atomic mass is 10.1. The Balaban J connectivity index is 0.00000133. The molecule has 2 atom stereocenters. The molecule has 0 aromatic rings. The Morgan fingerprint density at radius 3 is 2.53 bits per heavy atom. The third-order valence-corrected chi connectivity index (χ3v) is 6.34. The maximum absolute atomic E-state index is 12.5. The van der Waals surface area contributed by atoms with Crippen molar-refractivity contribution >= 4 is 22.6 Å². The molecule has 2 aliphatic heterocycles. The maximum atomic E-state index is 12.5. The number of hydrogen-bond donors (Lipinski definition) is 1. The minimum Gasteiger partial charge on any atom is -0.310 e. The largest absolute Gasteiger partial charge is 0.310 e. The summed E-state index contributed by atoms with van der Waals surface area (Å²) in [7, 11) is -1.51. The molecule has 1 aliphatic carbocycles. The fraction of sp³-hybridized carbons (Fsp3) is 1.00. The van der Waals surface area contributed by atoms with Crippen LogP contribution in [0.5, 0.6) is 0 Å². The Labute approximate surface area is 122 Å². The van der Waals surface area contributed by atoms with Gasteiger partial charge < -0.3 is 5.32 Å². The third kappa shape index (κ3) is 3.42. The second kappa shape index (κ2) is 5.85. The summed E-state index contributed by atoms with van der Waals surface area (Å²) in [5, 5.41) is 3.52. The van der Waals surface area contributed by atoms with Gasteiger partial charge in [0.05, 0.1) is 0 Å². The van der Waals surface area contributed by atoms with Crippen molar-refractivity contribution < 1.29 is 8.42 Å². The zero-order valence-corrected chi connectivity index (χ0v) is 13.0. The van der Waals surface area contributed by atoms with Gasteiger partial charge in [-0.3, -0.25) is 0 Å². The van der Waals surface area contributed by atoms with Crippen LogP contribution in [-0.4, -0.2) is 55.8 Å². The van der Waals surface area contributed by atoms with E-state index in [-0.39, 0.29) is 12.4 Å². The van der Waals surface area contributed by atoms with E-state index in [0.29, 0.717) is 37.6 Å². The Hall–Kier alpha value is 0.120. The fourth-order valence-corrected chi connectivity index (χ4v) is 4.57. The van der Waals surface area contributed by atoms with Gasteiger partial charge in [0.2, 0.25) is 0 Å². The van der Waals surface area contributed by atoms with Crippen LogP contribution in [0.25, 0.3) is 0 Å². The molecular weight excluding hydrogens is 286 g/mol. The van der Waals surface area contributed by atoms with Crippen molar-refractivity contribution in [3.63, 3.8) is 0 Å². The molecule has 5 nitrogen and oxygen atoms in total. The molecule has 2 bridgehead atoms. The number of fused-ring (bicyclic) bond motifs is 2. The van der Waals surface area contributed by atoms with Crippen molar-refractivity contribution in [2.24, 2.45) is 5.92 Å². The highest BCUT2D eigenvalue weighted by Crippen LogP contribution is 2.31. The summed E-state index contributed by atoms with van der Waals surface area (Å²) in [4.78, 5) is 0. The first kappa shape index (κ1) is 15.5. The fourth-order valence-electron chi connectivity index (χ4n) is 3.08. The zero-order valence-electron chi connectivity index (χ0n) is 11.4. The van der Waals surface area contributed by atoms with Gasteiger partial charge in [-0.25, -0.2) is 0 Å². The summed E-state index contributed by atoms with van der Waals surface area (Å²) in [5.41, 5.74) is 0. The molecule has 2 heterocycles. The zero-order chi connectivity index (χ0) is 12.8. The van der Waals surface area contributed by atoms with Gasteiger partial charge in [-0.2, -0.15) is 17.0 Å². The quantitative estimate of drug-likeness (QED) is 0.836. The summed E-state index contributed by atoms with van der Waals surface area (Å²) in [6.07, 6.45) is 5.64. The molecule has 2 saturated heterocycles. The topological polar surface area (TPSA) is 52.7 Å². The van der Waals surface area contributed by atoms with Crippen LogP contribution in [0.2, 0.25) is 0 Å². The Kier molecular flexibility index (Phi) is 4.78. The van der Waals surface area contributed by atoms with E-state index in [1.807, 2.05) is 0 Å². The number of nitrogens with zero attached hydrogens (tertiary/aromatic N) is 2. The normalized spacial score (nSPS) is 32.1. The van der Waals surface area contributed by atoms with E-state index >= 15 is 0 Å². The molecule has 7 heteroatoms. The number of rotatable bonds is 4. The smallest absolute Gasteiger partial charge is 0.281 e. The number of halogens is 1. The van der Waals surface area contributed by atoms with Crippen LogP contribution < -0.4 is 5.32 Å². The van der Waals surface area contributed by atoms with Gasteiger partial charge in [0.15, 0.2) is 0 Å². The molecule has 19 heavy (non-hydrogen) atoms. The lowest BCUT2D eigenvalue weighted by Gasteiger charge is -2.28. The van der Waals surface area contributed by atoms with E-state index in [2.05, 4.69) is 5.32 Å². The molecule has 0 aromatic carbocycles. The summed E-state index contributed by atoms with van der Waals surface area (Å²) in [6, 6.07) is 0.894. The Bertz CT molecular complexity index is 413. The first-order valence-corrected chi connectivity index (χ1v) is 8.43. The van der Waals surface area contributed by atoms with Crippen LogP contribution in [0.3, 0.4) is 0 Å². The third-order valence-electron chi connectivity index (χ3n) is 4.42. The molecule has 112 valence electrons. The van der Waals surface area contributed by atoms with Crippen molar-refractivity contribution in [1.82, 2.24) is 13.9 Å². The van der Waals surface area contributed by atoms with Crippen molar-refractivity contribution in [2.45, 2.75) is 44.2 Å². The van der Waals surface area contributed by atoms with Crippen LogP contribution in [0.15, 0.2) is 0 Å². The second-order valence-electron chi connectivity index (χ2n) is 6.02. The number of hydrogen-bond acceptors (Lipinski definition) is 3. The van der Waals surface area contributed by atoms with Gasteiger partial charge in [-0.15, -0.1) is 12.4 Å². The van der Waals surface area contributed by atoms with Gasteiger partial charge in [-0.05, 0) is 38.0 Å². The standard InChI is InChI=1S/C12H23N3O2S.ClH/c1-14(8-10-2-3-10)18(16,17)15-7-6-11-4-5-12(9-15)13-11;/h10-13H,2-9H2,1H3;1H. The predicted octanol–water partition coefficient (Wildman–Crippen LogP) is 0.821. The van der Waals surface area contributed by atoms with Gasteiger partial charge in [0.25, 0.3) is 10.2 Å². The number of nitrogens with one attached hydrogen (secondary N) is 1. The van der Waals surface area contributed by atoms with Crippen LogP contribution in [-0.2, 0) is 10.2 Å². The van der Waals surface area contributed by atoms with Crippen molar-refractivity contribution in [2.75, 3.05) is 26.7 Å². The van der Waals surface area contributed by atoms with Gasteiger partial charge in [0, 0.05) is 38.8 Å². The Morgan fingerprint density at radius 2 is 1.84 bits per heavy atom. The van der Waals surface area contributed by atoms with E-state index in [9.17, 15) is 8.42 Å². The minimum atomic E-state index is -3.24. The van der Waals surface area contributed by atoms with E-state index in [1.165, 1.54) is 19.3 Å². The van der Waals surface area contributed by atoms with Gasteiger partial charge >= 0.3 is 0 Å². The lowest BCUT2D eigenvalue weighted by molar-refractivity contribution is 0.338. The molecule has 3 fully saturated rings. The highest BCUT2D eigenvalue weighted by molar-refractivity contribution is 7.86. The second-order valence-corrected chi connectivity index (χ2v) is 8.05. The molecular formula is C12H24ClN3O2S. The molecule has 2 unspecified atom stereocenters. The van der Waals surface area contributed by atoms with Gasteiger partial charge in [-0.1, -0.05) is 0 Å². The molecule has 0 spiro atoms. The lowest BCUT2D eigenvalue weighted by Crippen LogP contribution is -2.46. The van der Waals surface area contributed by atoms with E-state index in [1.54, 1.807) is 15.7 Å². The molecule has 0 radical (unpaired) electrons. The van der Waals surface area contributed by atoms with Crippen LogP contribution in [0, 0.1) is 5.92 Å². The average molecular weight is 310 g/mol. The van der Waals surface area contributed by atoms with Crippen LogP contribution in [0.1, 0.15) is 32.1 Å². The van der Waals surface area contributed by atoms with Crippen molar-refractivity contribution in [3.8, 4) is 0 Å². The SMILES string of the molecule is CN(CC1CC1)S(=O)(=O)N1CCC2CCC(C1)N2.Cl. The molecule has 0 amide bonds. The van der Waals surface area contributed by atoms with E-state index in [0.717, 1.165) is 12.8 Å². The van der Waals surface area contributed by atoms with E-state index < -0.39 is 10.2 Å². The summed E-state index contributed by atoms with van der Waals surface area (Å²) >= 11 is 0. The van der Waals surface area contributed by atoms with E-state index in [4.69, 9.17) is 0 Å². The average Bonchev–Trinajstić information content (AvgIpc) is 3.03. The summed E-state index contributed by atoms with van der Waals surface area (Å²) in [6.45, 7) is 2.01. The highest BCUT2D eigenvalue weighted by atomic mass is 35.5. The first-order valence-electron chi connectivity index (χ1n) is 7.03. The van der Waals surface area contributed by atoms with Crippen molar-refractivity contribution in [3.05, 3.63) is 0 Å². The predicted molar refractivity (Wildman–Crippen MR) is 77.7 cm³/mol. The monoisotopic (exact) mass is 309 g/mol. The molecule has 3 rings (SSSR count). The van der Waals surface area contributed by atoms with Crippen LogP contribution in [0.4, 0.5) is 0 Å². The molecule has 1 N–H and O–H groups in total. The first-order chi connectivity index (χ1) is 8.55. The Morgan fingerprint density at radius 1 is 1.16 bits per heavy atom. The molecule has 3 aliphatic rings.